The Morgan fingerprint density at radius 3 is 2.32 bits per heavy atom. The van der Waals surface area contributed by atoms with E-state index in [4.69, 9.17) is 0 Å². The van der Waals surface area contributed by atoms with Gasteiger partial charge in [-0.3, -0.25) is 4.79 Å². The Morgan fingerprint density at radius 1 is 1.00 bits per heavy atom. The van der Waals surface area contributed by atoms with Crippen molar-refractivity contribution in [1.82, 2.24) is 0 Å². The maximum atomic E-state index is 12.2. The summed E-state index contributed by atoms with van der Waals surface area (Å²) in [7, 11) is 1.94. The number of carbonyl (C=O) groups is 1. The van der Waals surface area contributed by atoms with Gasteiger partial charge in [0.2, 0.25) is 0 Å². The zero-order valence-corrected chi connectivity index (χ0v) is 11.7. The van der Waals surface area contributed by atoms with Crippen LogP contribution in [0.4, 0.5) is 5.69 Å². The van der Waals surface area contributed by atoms with Crippen LogP contribution in [0.15, 0.2) is 48.5 Å². The lowest BCUT2D eigenvalue weighted by molar-refractivity contribution is 0.100. The van der Waals surface area contributed by atoms with Crippen LogP contribution in [0, 0.1) is 13.8 Å². The molecular weight excluding hydrogens is 234 g/mol. The van der Waals surface area contributed by atoms with Crippen LogP contribution in [0.1, 0.15) is 21.5 Å². The first kappa shape index (κ1) is 13.3. The number of likely N-dealkylation sites (N-methyl/N-ethyl adjacent to an activating group) is 1. The van der Waals surface area contributed by atoms with Gasteiger partial charge < -0.3 is 4.90 Å². The summed E-state index contributed by atoms with van der Waals surface area (Å²) >= 11 is 0. The van der Waals surface area contributed by atoms with Crippen molar-refractivity contribution in [1.29, 1.82) is 0 Å². The molecule has 0 amide bonds. The first-order valence-corrected chi connectivity index (χ1v) is 6.44. The van der Waals surface area contributed by atoms with Gasteiger partial charge in [0.25, 0.3) is 0 Å². The second-order valence-corrected chi connectivity index (χ2v) is 4.98. The number of nitrogens with zero attached hydrogens (tertiary/aromatic N) is 1. The molecule has 2 aromatic carbocycles. The molecule has 0 aliphatic heterocycles. The van der Waals surface area contributed by atoms with Crippen LogP contribution >= 0.6 is 0 Å². The minimum absolute atomic E-state index is 0.145. The Labute approximate surface area is 114 Å². The highest BCUT2D eigenvalue weighted by atomic mass is 16.1. The van der Waals surface area contributed by atoms with Crippen LogP contribution in [0.3, 0.4) is 0 Å². The quantitative estimate of drug-likeness (QED) is 0.776. The number of benzene rings is 2. The van der Waals surface area contributed by atoms with E-state index in [9.17, 15) is 4.79 Å². The Hall–Kier alpha value is -2.09. The summed E-state index contributed by atoms with van der Waals surface area (Å²) in [6.07, 6.45) is 0. The molecule has 2 nitrogen and oxygen atoms in total. The summed E-state index contributed by atoms with van der Waals surface area (Å²) in [5.74, 6) is 0.145. The number of aryl methyl sites for hydroxylation is 2. The lowest BCUT2D eigenvalue weighted by Gasteiger charge is -2.18. The molecule has 98 valence electrons. The van der Waals surface area contributed by atoms with Crippen LogP contribution in [0.2, 0.25) is 0 Å². The Morgan fingerprint density at radius 2 is 1.68 bits per heavy atom. The molecule has 0 heterocycles. The van der Waals surface area contributed by atoms with Gasteiger partial charge in [-0.1, -0.05) is 41.5 Å². The highest BCUT2D eigenvalue weighted by Gasteiger charge is 2.09. The zero-order chi connectivity index (χ0) is 13.8. The SMILES string of the molecule is Cc1ccc(N(C)CC(=O)c2cccc(C)c2)cc1. The lowest BCUT2D eigenvalue weighted by Crippen LogP contribution is -2.25. The van der Waals surface area contributed by atoms with E-state index in [0.29, 0.717) is 6.54 Å². The molecule has 0 spiro atoms. The molecule has 0 atom stereocenters. The molecule has 2 heteroatoms. The molecule has 19 heavy (non-hydrogen) atoms. The fourth-order valence-electron chi connectivity index (χ4n) is 2.02. The number of carbonyl (C=O) groups excluding carboxylic acids is 1. The summed E-state index contributed by atoms with van der Waals surface area (Å²) < 4.78 is 0. The van der Waals surface area contributed by atoms with Crippen molar-refractivity contribution in [2.75, 3.05) is 18.5 Å². The third-order valence-electron chi connectivity index (χ3n) is 3.20. The van der Waals surface area contributed by atoms with E-state index in [-0.39, 0.29) is 5.78 Å². The summed E-state index contributed by atoms with van der Waals surface area (Å²) in [5, 5.41) is 0. The molecule has 0 fully saturated rings. The molecule has 0 bridgehead atoms. The van der Waals surface area contributed by atoms with Gasteiger partial charge >= 0.3 is 0 Å². The van der Waals surface area contributed by atoms with Crippen LogP contribution in [-0.4, -0.2) is 19.4 Å². The van der Waals surface area contributed by atoms with Crippen molar-refractivity contribution in [3.05, 3.63) is 65.2 Å². The summed E-state index contributed by atoms with van der Waals surface area (Å²) in [6.45, 7) is 4.45. The molecule has 0 radical (unpaired) electrons. The summed E-state index contributed by atoms with van der Waals surface area (Å²) in [5.41, 5.74) is 4.18. The van der Waals surface area contributed by atoms with Crippen LogP contribution in [0.5, 0.6) is 0 Å². The number of rotatable bonds is 4. The van der Waals surface area contributed by atoms with Gasteiger partial charge in [0.05, 0.1) is 6.54 Å². The van der Waals surface area contributed by atoms with Crippen molar-refractivity contribution in [3.8, 4) is 0 Å². The third-order valence-corrected chi connectivity index (χ3v) is 3.20. The molecule has 0 aliphatic carbocycles. The smallest absolute Gasteiger partial charge is 0.182 e. The lowest BCUT2D eigenvalue weighted by atomic mass is 10.1. The predicted molar refractivity (Wildman–Crippen MR) is 80.0 cm³/mol. The van der Waals surface area contributed by atoms with Gasteiger partial charge in [-0.2, -0.15) is 0 Å². The number of anilines is 1. The van der Waals surface area contributed by atoms with Crippen molar-refractivity contribution >= 4 is 11.5 Å². The van der Waals surface area contributed by atoms with Crippen molar-refractivity contribution in [2.24, 2.45) is 0 Å². The van der Waals surface area contributed by atoms with Gasteiger partial charge in [0.15, 0.2) is 5.78 Å². The van der Waals surface area contributed by atoms with E-state index in [2.05, 4.69) is 19.1 Å². The van der Waals surface area contributed by atoms with Crippen molar-refractivity contribution in [2.45, 2.75) is 13.8 Å². The molecular formula is C17H19NO. The standard InChI is InChI=1S/C17H19NO/c1-13-7-9-16(10-8-13)18(3)12-17(19)15-6-4-5-14(2)11-15/h4-11H,12H2,1-3H3. The molecule has 0 saturated heterocycles. The maximum Gasteiger partial charge on any atom is 0.182 e. The number of ketones is 1. The average Bonchev–Trinajstić information content (AvgIpc) is 2.39. The molecule has 0 unspecified atom stereocenters. The van der Waals surface area contributed by atoms with Crippen molar-refractivity contribution in [3.63, 3.8) is 0 Å². The fraction of sp³-hybridized carbons (Fsp3) is 0.235. The molecule has 0 saturated carbocycles. The fourth-order valence-corrected chi connectivity index (χ4v) is 2.02. The Bertz CT molecular complexity index is 572. The highest BCUT2D eigenvalue weighted by Crippen LogP contribution is 2.14. The zero-order valence-electron chi connectivity index (χ0n) is 11.7. The number of hydrogen-bond acceptors (Lipinski definition) is 2. The van der Waals surface area contributed by atoms with E-state index in [1.807, 2.05) is 55.3 Å². The third kappa shape index (κ3) is 3.44. The molecule has 0 N–H and O–H groups in total. The first-order chi connectivity index (χ1) is 9.06. The first-order valence-electron chi connectivity index (χ1n) is 6.44. The molecule has 2 rings (SSSR count). The summed E-state index contributed by atoms with van der Waals surface area (Å²) in [6, 6.07) is 15.9. The number of Topliss-reactive ketones (excluding diaryl/α,β-unsaturated/α-hetero) is 1. The van der Waals surface area contributed by atoms with Gasteiger partial charge in [0.1, 0.15) is 0 Å². The van der Waals surface area contributed by atoms with Crippen LogP contribution < -0.4 is 4.90 Å². The van der Waals surface area contributed by atoms with Gasteiger partial charge in [-0.15, -0.1) is 0 Å². The van der Waals surface area contributed by atoms with E-state index < -0.39 is 0 Å². The molecule has 0 aromatic heterocycles. The predicted octanol–water partition coefficient (Wildman–Crippen LogP) is 3.62. The van der Waals surface area contributed by atoms with E-state index in [1.165, 1.54) is 5.56 Å². The minimum atomic E-state index is 0.145. The van der Waals surface area contributed by atoms with Crippen LogP contribution in [-0.2, 0) is 0 Å². The largest absolute Gasteiger partial charge is 0.367 e. The normalized spacial score (nSPS) is 10.3. The monoisotopic (exact) mass is 253 g/mol. The number of hydrogen-bond donors (Lipinski definition) is 0. The maximum absolute atomic E-state index is 12.2. The molecule has 0 aliphatic rings. The van der Waals surface area contributed by atoms with Gasteiger partial charge in [0, 0.05) is 18.3 Å². The van der Waals surface area contributed by atoms with Gasteiger partial charge in [-0.25, -0.2) is 0 Å². The van der Waals surface area contributed by atoms with Gasteiger partial charge in [-0.05, 0) is 32.0 Å². The Kier molecular flexibility index (Phi) is 4.00. The average molecular weight is 253 g/mol. The van der Waals surface area contributed by atoms with Crippen LogP contribution in [0.25, 0.3) is 0 Å². The van der Waals surface area contributed by atoms with E-state index >= 15 is 0 Å². The topological polar surface area (TPSA) is 20.3 Å². The minimum Gasteiger partial charge on any atom is -0.367 e. The Balaban J connectivity index is 2.08. The molecule has 2 aromatic rings. The van der Waals surface area contributed by atoms with E-state index in [1.54, 1.807) is 0 Å². The van der Waals surface area contributed by atoms with E-state index in [0.717, 1.165) is 16.8 Å². The second-order valence-electron chi connectivity index (χ2n) is 4.98. The second kappa shape index (κ2) is 5.70. The van der Waals surface area contributed by atoms with Crippen molar-refractivity contribution < 1.29 is 4.79 Å². The summed E-state index contributed by atoms with van der Waals surface area (Å²) in [4.78, 5) is 14.2. The highest BCUT2D eigenvalue weighted by molar-refractivity contribution is 5.99.